The van der Waals surface area contributed by atoms with Gasteiger partial charge in [-0.05, 0) is 66.2 Å². The largest absolute Gasteiger partial charge is 0.444 e. The summed E-state index contributed by atoms with van der Waals surface area (Å²) in [5.41, 5.74) is 4.92. The van der Waals surface area contributed by atoms with Gasteiger partial charge in [0.1, 0.15) is 17.2 Å². The summed E-state index contributed by atoms with van der Waals surface area (Å²) in [5.74, 6) is -0.917. The quantitative estimate of drug-likeness (QED) is 0.590. The maximum absolute atomic E-state index is 13.8. The topological polar surface area (TPSA) is 126 Å². The zero-order chi connectivity index (χ0) is 29.1. The van der Waals surface area contributed by atoms with E-state index in [0.717, 1.165) is 10.6 Å². The number of hydrogen-bond donors (Lipinski definition) is 1. The molecule has 0 aromatic heterocycles. The third kappa shape index (κ3) is 7.98. The monoisotopic (exact) mass is 565 g/mol. The molecule has 2 N–H and O–H groups in total. The maximum atomic E-state index is 13.8. The van der Waals surface area contributed by atoms with Crippen LogP contribution in [0.2, 0.25) is 5.02 Å². The average Bonchev–Trinajstić information content (AvgIpc) is 3.26. The van der Waals surface area contributed by atoms with E-state index in [-0.39, 0.29) is 18.9 Å². The van der Waals surface area contributed by atoms with Gasteiger partial charge in [-0.15, -0.1) is 0 Å². The molecular weight excluding hydrogens is 526 g/mol. The first-order valence-corrected chi connectivity index (χ1v) is 13.5. The molecule has 2 aliphatic heterocycles. The highest BCUT2D eigenvalue weighted by Gasteiger charge is 2.48. The van der Waals surface area contributed by atoms with Crippen LogP contribution < -0.4 is 10.6 Å². The third-order valence-corrected chi connectivity index (χ3v) is 6.59. The highest BCUT2D eigenvalue weighted by atomic mass is 35.5. The van der Waals surface area contributed by atoms with Crippen molar-refractivity contribution in [2.24, 2.45) is 5.73 Å². The molecule has 2 fully saturated rings. The molecule has 4 amide bonds. The molecule has 11 nitrogen and oxygen atoms in total. The predicted molar refractivity (Wildman–Crippen MR) is 148 cm³/mol. The van der Waals surface area contributed by atoms with E-state index in [4.69, 9.17) is 26.8 Å². The molecule has 39 heavy (non-hydrogen) atoms. The van der Waals surface area contributed by atoms with E-state index in [1.165, 1.54) is 4.90 Å². The first-order valence-electron chi connectivity index (χ1n) is 13.1. The van der Waals surface area contributed by atoms with Crippen LogP contribution in [0.5, 0.6) is 0 Å². The molecule has 0 aliphatic carbocycles. The van der Waals surface area contributed by atoms with Crippen LogP contribution in [0.3, 0.4) is 0 Å². The summed E-state index contributed by atoms with van der Waals surface area (Å²) >= 11 is 6.14. The maximum Gasteiger partial charge on any atom is 0.417 e. The van der Waals surface area contributed by atoms with Gasteiger partial charge in [0.15, 0.2) is 0 Å². The number of amides is 4. The number of carbonyl (C=O) groups excluding carboxylic acids is 4. The average molecular weight is 566 g/mol. The number of halogens is 1. The Hall–Kier alpha value is -3.05. The molecule has 0 bridgehead atoms. The van der Waals surface area contributed by atoms with Crippen LogP contribution in [0, 0.1) is 0 Å². The molecule has 3 rings (SSSR count). The van der Waals surface area contributed by atoms with Crippen molar-refractivity contribution in [2.75, 3.05) is 44.2 Å². The Labute approximate surface area is 235 Å². The van der Waals surface area contributed by atoms with Crippen molar-refractivity contribution in [3.63, 3.8) is 0 Å². The number of anilines is 1. The van der Waals surface area contributed by atoms with Gasteiger partial charge in [0.2, 0.25) is 11.8 Å². The molecule has 12 heteroatoms. The van der Waals surface area contributed by atoms with Crippen molar-refractivity contribution in [3.8, 4) is 0 Å². The summed E-state index contributed by atoms with van der Waals surface area (Å²) in [6.07, 6.45) is -1.50. The second kappa shape index (κ2) is 12.0. The molecule has 216 valence electrons. The van der Waals surface area contributed by atoms with Crippen molar-refractivity contribution >= 4 is 41.3 Å². The number of benzene rings is 1. The number of imide groups is 1. The van der Waals surface area contributed by atoms with Gasteiger partial charge in [0.25, 0.3) is 0 Å². The molecule has 2 saturated heterocycles. The zero-order valence-corrected chi connectivity index (χ0v) is 24.4. The van der Waals surface area contributed by atoms with E-state index < -0.39 is 47.9 Å². The van der Waals surface area contributed by atoms with Gasteiger partial charge in [-0.1, -0.05) is 17.7 Å². The Balaban J connectivity index is 1.81. The van der Waals surface area contributed by atoms with E-state index in [9.17, 15) is 19.2 Å². The van der Waals surface area contributed by atoms with Gasteiger partial charge in [-0.3, -0.25) is 14.5 Å². The normalized spacial score (nSPS) is 20.1. The van der Waals surface area contributed by atoms with Crippen LogP contribution in [0.25, 0.3) is 0 Å². The van der Waals surface area contributed by atoms with Crippen molar-refractivity contribution in [1.29, 1.82) is 0 Å². The summed E-state index contributed by atoms with van der Waals surface area (Å²) in [7, 11) is 0. The van der Waals surface area contributed by atoms with Crippen molar-refractivity contribution in [3.05, 3.63) is 29.3 Å². The molecule has 2 atom stereocenters. The summed E-state index contributed by atoms with van der Waals surface area (Å²) in [5, 5.41) is 0.637. The number of piperazine rings is 1. The van der Waals surface area contributed by atoms with Crippen molar-refractivity contribution < 1.29 is 28.7 Å². The standard InChI is InChI=1S/C27H40ClN5O6/c1-26(2,3)38-24(36)32-17-20(33(22(34)16-29)25(37)39-27(4,5)6)15-21(32)23(35)31-12-10-30(11-13-31)19-9-7-8-18(28)14-19/h7-9,14,20-21H,10-13,15-17,29H2,1-6H3/t20-,21+/m1/s1. The Bertz CT molecular complexity index is 1080. The molecule has 0 saturated carbocycles. The summed E-state index contributed by atoms with van der Waals surface area (Å²) in [6, 6.07) is 5.82. The van der Waals surface area contributed by atoms with Gasteiger partial charge in [-0.2, -0.15) is 0 Å². The van der Waals surface area contributed by atoms with Gasteiger partial charge in [0, 0.05) is 43.4 Å². The molecule has 0 unspecified atom stereocenters. The number of rotatable bonds is 4. The van der Waals surface area contributed by atoms with Gasteiger partial charge in [-0.25, -0.2) is 14.5 Å². The molecular formula is C27H40ClN5O6. The Morgan fingerprint density at radius 3 is 2.15 bits per heavy atom. The minimum atomic E-state index is -0.918. The lowest BCUT2D eigenvalue weighted by atomic mass is 10.1. The van der Waals surface area contributed by atoms with E-state index in [1.54, 1.807) is 46.4 Å². The summed E-state index contributed by atoms with van der Waals surface area (Å²) in [6.45, 7) is 11.8. The van der Waals surface area contributed by atoms with Crippen molar-refractivity contribution in [2.45, 2.75) is 71.2 Å². The Morgan fingerprint density at radius 1 is 1.00 bits per heavy atom. The smallest absolute Gasteiger partial charge is 0.417 e. The molecule has 1 aromatic carbocycles. The highest BCUT2D eigenvalue weighted by molar-refractivity contribution is 6.30. The first-order chi connectivity index (χ1) is 18.1. The number of nitrogens with zero attached hydrogens (tertiary/aromatic N) is 4. The fourth-order valence-corrected chi connectivity index (χ4v) is 4.87. The van der Waals surface area contributed by atoms with Crippen LogP contribution in [0.1, 0.15) is 48.0 Å². The lowest BCUT2D eigenvalue weighted by molar-refractivity contribution is -0.136. The minimum absolute atomic E-state index is 0.0531. The predicted octanol–water partition coefficient (Wildman–Crippen LogP) is 3.09. The number of ether oxygens (including phenoxy) is 2. The minimum Gasteiger partial charge on any atom is -0.444 e. The number of hydrogen-bond acceptors (Lipinski definition) is 8. The van der Waals surface area contributed by atoms with Crippen LogP contribution in [-0.2, 0) is 19.1 Å². The van der Waals surface area contributed by atoms with E-state index in [2.05, 4.69) is 4.90 Å². The van der Waals surface area contributed by atoms with Gasteiger partial charge in [0.05, 0.1) is 12.6 Å². The third-order valence-electron chi connectivity index (χ3n) is 6.36. The van der Waals surface area contributed by atoms with Crippen LogP contribution in [0.15, 0.2) is 24.3 Å². The fourth-order valence-electron chi connectivity index (χ4n) is 4.69. The lowest BCUT2D eigenvalue weighted by Crippen LogP contribution is -2.54. The summed E-state index contributed by atoms with van der Waals surface area (Å²) in [4.78, 5) is 58.8. The van der Waals surface area contributed by atoms with Gasteiger partial charge >= 0.3 is 12.2 Å². The van der Waals surface area contributed by atoms with Gasteiger partial charge < -0.3 is 25.0 Å². The van der Waals surface area contributed by atoms with Crippen LogP contribution >= 0.6 is 11.6 Å². The van der Waals surface area contributed by atoms with Crippen LogP contribution in [-0.4, -0.2) is 101 Å². The van der Waals surface area contributed by atoms with E-state index in [1.807, 2.05) is 24.3 Å². The van der Waals surface area contributed by atoms with E-state index >= 15 is 0 Å². The molecule has 2 aliphatic rings. The number of carbonyl (C=O) groups is 4. The Morgan fingerprint density at radius 2 is 1.62 bits per heavy atom. The molecule has 0 radical (unpaired) electrons. The Kier molecular flexibility index (Phi) is 9.38. The number of likely N-dealkylation sites (tertiary alicyclic amines) is 1. The zero-order valence-electron chi connectivity index (χ0n) is 23.6. The lowest BCUT2D eigenvalue weighted by Gasteiger charge is -2.38. The SMILES string of the molecule is CC(C)(C)OC(=O)N1C[C@H](N(C(=O)CN)C(=O)OC(C)(C)C)C[C@H]1C(=O)N1CCN(c2cccc(Cl)c2)CC1. The molecule has 1 aromatic rings. The van der Waals surface area contributed by atoms with Crippen LogP contribution in [0.4, 0.5) is 15.3 Å². The molecule has 0 spiro atoms. The molecule has 2 heterocycles. The second-order valence-corrected chi connectivity index (χ2v) is 12.2. The van der Waals surface area contributed by atoms with E-state index in [0.29, 0.717) is 31.2 Å². The first kappa shape index (κ1) is 30.5. The second-order valence-electron chi connectivity index (χ2n) is 11.8. The fraction of sp³-hybridized carbons (Fsp3) is 0.630. The highest BCUT2D eigenvalue weighted by Crippen LogP contribution is 2.29. The number of nitrogens with two attached hydrogens (primary N) is 1. The van der Waals surface area contributed by atoms with Crippen molar-refractivity contribution in [1.82, 2.24) is 14.7 Å². The summed E-state index contributed by atoms with van der Waals surface area (Å²) < 4.78 is 11.0.